The molecule has 0 aliphatic carbocycles. The number of ether oxygens (including phenoxy) is 2. The van der Waals surface area contributed by atoms with E-state index in [1.807, 2.05) is 18.2 Å². The first-order valence-electron chi connectivity index (χ1n) is 8.50. The minimum absolute atomic E-state index is 0.358. The minimum atomic E-state index is -0.358. The van der Waals surface area contributed by atoms with Crippen molar-refractivity contribution in [2.45, 2.75) is 13.1 Å². The van der Waals surface area contributed by atoms with Crippen LogP contribution in [0.4, 0.5) is 0 Å². The van der Waals surface area contributed by atoms with Gasteiger partial charge in [-0.25, -0.2) is 4.79 Å². The van der Waals surface area contributed by atoms with Crippen molar-refractivity contribution >= 4 is 16.9 Å². The van der Waals surface area contributed by atoms with E-state index >= 15 is 0 Å². The fourth-order valence-electron chi connectivity index (χ4n) is 3.22. The lowest BCUT2D eigenvalue weighted by molar-refractivity contribution is 0.0599. The number of hydrogen-bond donors (Lipinski definition) is 0. The molecule has 0 radical (unpaired) electrons. The van der Waals surface area contributed by atoms with E-state index in [9.17, 15) is 4.79 Å². The number of carbonyl (C=O) groups excluding carboxylic acids is 1. The first kappa shape index (κ1) is 18.0. The molecule has 26 heavy (non-hydrogen) atoms. The zero-order chi connectivity index (χ0) is 18.7. The van der Waals surface area contributed by atoms with E-state index in [0.29, 0.717) is 17.9 Å². The third-order valence-electron chi connectivity index (χ3n) is 4.42. The van der Waals surface area contributed by atoms with Crippen LogP contribution in [0, 0.1) is 0 Å². The Labute approximate surface area is 153 Å². The highest BCUT2D eigenvalue weighted by Gasteiger charge is 2.16. The van der Waals surface area contributed by atoms with E-state index in [4.69, 9.17) is 9.47 Å². The summed E-state index contributed by atoms with van der Waals surface area (Å²) in [4.78, 5) is 14.4. The van der Waals surface area contributed by atoms with Gasteiger partial charge in [0.25, 0.3) is 0 Å². The van der Waals surface area contributed by atoms with Crippen molar-refractivity contribution in [3.63, 3.8) is 0 Å². The van der Waals surface area contributed by atoms with Gasteiger partial charge in [-0.3, -0.25) is 0 Å². The largest absolute Gasteiger partial charge is 0.497 e. The number of rotatable bonds is 6. The maximum absolute atomic E-state index is 12.2. The normalized spacial score (nSPS) is 11.1. The van der Waals surface area contributed by atoms with Gasteiger partial charge in [0, 0.05) is 30.2 Å². The van der Waals surface area contributed by atoms with Crippen LogP contribution in [0.3, 0.4) is 0 Å². The molecule has 0 bridgehead atoms. The van der Waals surface area contributed by atoms with E-state index in [1.54, 1.807) is 13.2 Å². The molecule has 3 rings (SSSR count). The molecule has 2 aromatic carbocycles. The van der Waals surface area contributed by atoms with Crippen LogP contribution in [0.5, 0.6) is 5.75 Å². The highest BCUT2D eigenvalue weighted by molar-refractivity contribution is 5.91. The van der Waals surface area contributed by atoms with Crippen molar-refractivity contribution in [2.24, 2.45) is 0 Å². The molecule has 1 aromatic heterocycles. The average molecular weight is 352 g/mol. The molecule has 0 spiro atoms. The molecule has 5 heteroatoms. The lowest BCUT2D eigenvalue weighted by atomic mass is 10.1. The zero-order valence-electron chi connectivity index (χ0n) is 15.7. The second kappa shape index (κ2) is 7.62. The number of benzene rings is 2. The first-order chi connectivity index (χ1) is 12.5. The number of hydrogen-bond acceptors (Lipinski definition) is 4. The number of methoxy groups -OCH3 is 2. The van der Waals surface area contributed by atoms with Crippen molar-refractivity contribution in [3.05, 3.63) is 65.4 Å². The molecular formula is C21H24N2O3. The predicted octanol–water partition coefficient (Wildman–Crippen LogP) is 3.55. The summed E-state index contributed by atoms with van der Waals surface area (Å²) in [5.41, 5.74) is 3.84. The Balaban J connectivity index is 2.05. The standard InChI is InChI=1S/C21H24N2O3/c1-22(2)12-16-14-23(20-8-6-5-7-18(16)20)13-15-9-10-17(25-3)11-19(15)21(24)26-4/h5-11,14H,12-13H2,1-4H3. The maximum Gasteiger partial charge on any atom is 0.338 e. The van der Waals surface area contributed by atoms with Gasteiger partial charge >= 0.3 is 5.97 Å². The molecule has 0 aliphatic rings. The summed E-state index contributed by atoms with van der Waals surface area (Å²) >= 11 is 0. The second-order valence-corrected chi connectivity index (χ2v) is 6.55. The van der Waals surface area contributed by atoms with Crippen LogP contribution in [0.25, 0.3) is 10.9 Å². The minimum Gasteiger partial charge on any atom is -0.497 e. The Morgan fingerprint density at radius 3 is 2.54 bits per heavy atom. The van der Waals surface area contributed by atoms with Crippen LogP contribution in [0.1, 0.15) is 21.5 Å². The van der Waals surface area contributed by atoms with Crippen molar-refractivity contribution in [1.82, 2.24) is 9.47 Å². The summed E-state index contributed by atoms with van der Waals surface area (Å²) in [5, 5.41) is 1.23. The lowest BCUT2D eigenvalue weighted by Crippen LogP contribution is -2.10. The molecule has 0 saturated carbocycles. The van der Waals surface area contributed by atoms with Gasteiger partial charge in [0.2, 0.25) is 0 Å². The van der Waals surface area contributed by atoms with Crippen LogP contribution >= 0.6 is 0 Å². The van der Waals surface area contributed by atoms with Gasteiger partial charge < -0.3 is 18.9 Å². The highest BCUT2D eigenvalue weighted by atomic mass is 16.5. The number of carbonyl (C=O) groups is 1. The van der Waals surface area contributed by atoms with Gasteiger partial charge in [0.1, 0.15) is 5.75 Å². The Bertz CT molecular complexity index is 928. The number of esters is 1. The Kier molecular flexibility index (Phi) is 5.28. The zero-order valence-corrected chi connectivity index (χ0v) is 15.7. The molecule has 0 aliphatic heterocycles. The van der Waals surface area contributed by atoms with Gasteiger partial charge in [-0.1, -0.05) is 24.3 Å². The molecule has 0 atom stereocenters. The Morgan fingerprint density at radius 1 is 1.08 bits per heavy atom. The predicted molar refractivity (Wildman–Crippen MR) is 103 cm³/mol. The summed E-state index contributed by atoms with van der Waals surface area (Å²) in [6.45, 7) is 1.45. The molecule has 0 unspecified atom stereocenters. The summed E-state index contributed by atoms with van der Waals surface area (Å²) < 4.78 is 12.4. The van der Waals surface area contributed by atoms with Gasteiger partial charge in [0.05, 0.1) is 19.8 Å². The van der Waals surface area contributed by atoms with Crippen LogP contribution in [-0.4, -0.2) is 43.8 Å². The van der Waals surface area contributed by atoms with E-state index in [2.05, 4.69) is 48.0 Å². The van der Waals surface area contributed by atoms with Crippen LogP contribution < -0.4 is 4.74 Å². The van der Waals surface area contributed by atoms with Crippen molar-refractivity contribution in [2.75, 3.05) is 28.3 Å². The third-order valence-corrected chi connectivity index (χ3v) is 4.42. The van der Waals surface area contributed by atoms with Crippen LogP contribution in [0.15, 0.2) is 48.7 Å². The molecule has 3 aromatic rings. The number of fused-ring (bicyclic) bond motifs is 1. The summed E-state index contributed by atoms with van der Waals surface area (Å²) in [6, 6.07) is 13.9. The quantitative estimate of drug-likeness (QED) is 0.637. The average Bonchev–Trinajstić information content (AvgIpc) is 2.98. The smallest absolute Gasteiger partial charge is 0.338 e. The van der Waals surface area contributed by atoms with Crippen molar-refractivity contribution < 1.29 is 14.3 Å². The SMILES string of the molecule is COC(=O)c1cc(OC)ccc1Cn1cc(CN(C)C)c2ccccc21. The molecular weight excluding hydrogens is 328 g/mol. The van der Waals surface area contributed by atoms with Gasteiger partial charge in [-0.15, -0.1) is 0 Å². The molecule has 5 nitrogen and oxygen atoms in total. The van der Waals surface area contributed by atoms with Crippen molar-refractivity contribution in [3.8, 4) is 5.75 Å². The molecule has 0 amide bonds. The summed E-state index contributed by atoms with van der Waals surface area (Å²) in [6.07, 6.45) is 2.16. The Hall–Kier alpha value is -2.79. The monoisotopic (exact) mass is 352 g/mol. The van der Waals surface area contributed by atoms with Crippen molar-refractivity contribution in [1.29, 1.82) is 0 Å². The molecule has 136 valence electrons. The molecule has 1 heterocycles. The van der Waals surface area contributed by atoms with Gasteiger partial charge in [-0.05, 0) is 43.4 Å². The fourth-order valence-corrected chi connectivity index (χ4v) is 3.22. The first-order valence-corrected chi connectivity index (χ1v) is 8.50. The number of nitrogens with zero attached hydrogens (tertiary/aromatic N) is 2. The van der Waals surface area contributed by atoms with Crippen LogP contribution in [-0.2, 0) is 17.8 Å². The number of aromatic nitrogens is 1. The van der Waals surface area contributed by atoms with E-state index in [-0.39, 0.29) is 5.97 Å². The molecule has 0 saturated heterocycles. The lowest BCUT2D eigenvalue weighted by Gasteiger charge is -2.12. The summed E-state index contributed by atoms with van der Waals surface area (Å²) in [5.74, 6) is 0.281. The molecule has 0 fully saturated rings. The highest BCUT2D eigenvalue weighted by Crippen LogP contribution is 2.25. The topological polar surface area (TPSA) is 43.7 Å². The number of para-hydroxylation sites is 1. The Morgan fingerprint density at radius 2 is 1.85 bits per heavy atom. The van der Waals surface area contributed by atoms with E-state index < -0.39 is 0 Å². The van der Waals surface area contributed by atoms with Gasteiger partial charge in [0.15, 0.2) is 0 Å². The fraction of sp³-hybridized carbons (Fsp3) is 0.286. The summed E-state index contributed by atoms with van der Waals surface area (Å²) in [7, 11) is 7.10. The van der Waals surface area contributed by atoms with E-state index in [0.717, 1.165) is 17.6 Å². The van der Waals surface area contributed by atoms with Gasteiger partial charge in [-0.2, -0.15) is 0 Å². The van der Waals surface area contributed by atoms with E-state index in [1.165, 1.54) is 18.1 Å². The third kappa shape index (κ3) is 3.58. The molecule has 0 N–H and O–H groups in total. The van der Waals surface area contributed by atoms with Crippen LogP contribution in [0.2, 0.25) is 0 Å². The maximum atomic E-state index is 12.2. The second-order valence-electron chi connectivity index (χ2n) is 6.55.